The first-order valence-corrected chi connectivity index (χ1v) is 15.3. The molecule has 0 spiro atoms. The van der Waals surface area contributed by atoms with Gasteiger partial charge in [0.25, 0.3) is 5.91 Å². The van der Waals surface area contributed by atoms with Crippen LogP contribution in [0, 0.1) is 13.8 Å². The minimum atomic E-state index is -4.55. The first kappa shape index (κ1) is 38.2. The van der Waals surface area contributed by atoms with Crippen LogP contribution in [0.25, 0.3) is 33.8 Å². The predicted octanol–water partition coefficient (Wildman–Crippen LogP) is 6.91. The van der Waals surface area contributed by atoms with Crippen LogP contribution >= 0.6 is 0 Å². The maximum absolute atomic E-state index is 13.4. The molecule has 0 radical (unpaired) electrons. The van der Waals surface area contributed by atoms with E-state index in [1.54, 1.807) is 38.2 Å². The molecule has 54 heavy (non-hydrogen) atoms. The van der Waals surface area contributed by atoms with E-state index in [4.69, 9.17) is 14.3 Å². The Labute approximate surface area is 300 Å². The molecule has 2 aromatic carbocycles. The van der Waals surface area contributed by atoms with E-state index < -0.39 is 29.4 Å². The van der Waals surface area contributed by atoms with E-state index in [1.807, 2.05) is 0 Å². The number of methoxy groups -OCH3 is 1. The third-order valence-corrected chi connectivity index (χ3v) is 7.42. The molecule has 5 aromatic heterocycles. The predicted molar refractivity (Wildman–Crippen MR) is 178 cm³/mol. The highest BCUT2D eigenvalue weighted by atomic mass is 19.4. The number of halogens is 6. The highest BCUT2D eigenvalue weighted by molar-refractivity contribution is 6.04. The van der Waals surface area contributed by atoms with Crippen LogP contribution in [0.4, 0.5) is 32.2 Å². The van der Waals surface area contributed by atoms with Crippen LogP contribution in [0.15, 0.2) is 91.4 Å². The molecule has 0 aliphatic rings. The smallest absolute Gasteiger partial charge is 0.417 e. The second-order valence-electron chi connectivity index (χ2n) is 11.0. The largest absolute Gasteiger partial charge is 0.481 e. The van der Waals surface area contributed by atoms with Crippen LogP contribution < -0.4 is 10.1 Å². The molecule has 0 saturated carbocycles. The zero-order chi connectivity index (χ0) is 39.2. The number of nitrogens with zero attached hydrogens (tertiary/aromatic N) is 8. The number of aryl methyl sites for hydroxylation is 2. The molecule has 0 aliphatic carbocycles. The minimum absolute atomic E-state index is 0.0515. The van der Waals surface area contributed by atoms with Gasteiger partial charge in [-0.1, -0.05) is 36.4 Å². The van der Waals surface area contributed by atoms with Crippen LogP contribution in [-0.4, -0.2) is 58.3 Å². The maximum Gasteiger partial charge on any atom is 0.417 e. The van der Waals surface area contributed by atoms with Crippen LogP contribution in [0.5, 0.6) is 5.88 Å². The number of hydrogen-bond donors (Lipinski definition) is 1. The van der Waals surface area contributed by atoms with Gasteiger partial charge in [0.2, 0.25) is 5.88 Å². The van der Waals surface area contributed by atoms with Crippen molar-refractivity contribution < 1.29 is 45.5 Å². The Morgan fingerprint density at radius 1 is 0.759 bits per heavy atom. The molecule has 1 amide bonds. The maximum atomic E-state index is 13.4. The summed E-state index contributed by atoms with van der Waals surface area (Å²) in [5, 5.41) is 11.1. The van der Waals surface area contributed by atoms with Crippen LogP contribution in [0.3, 0.4) is 0 Å². The average molecular weight is 750 g/mol. The van der Waals surface area contributed by atoms with Crippen molar-refractivity contribution in [2.45, 2.75) is 26.2 Å². The number of nitrogens with one attached hydrogen (secondary N) is 1. The van der Waals surface area contributed by atoms with Gasteiger partial charge in [-0.25, -0.2) is 29.0 Å². The lowest BCUT2D eigenvalue weighted by molar-refractivity contribution is -0.191. The fourth-order valence-corrected chi connectivity index (χ4v) is 5.19. The number of alkyl halides is 6. The van der Waals surface area contributed by atoms with Gasteiger partial charge in [-0.05, 0) is 50.2 Å². The number of imidazole rings is 2. The first-order valence-electron chi connectivity index (χ1n) is 15.3. The van der Waals surface area contributed by atoms with Crippen molar-refractivity contribution in [1.29, 1.82) is 0 Å². The third-order valence-electron chi connectivity index (χ3n) is 7.42. The van der Waals surface area contributed by atoms with Crippen molar-refractivity contribution in [2.24, 2.45) is 0 Å². The summed E-state index contributed by atoms with van der Waals surface area (Å²) < 4.78 is 87.0. The number of ether oxygens (including phenoxy) is 1. The fourth-order valence-electron chi connectivity index (χ4n) is 5.19. The van der Waals surface area contributed by atoms with Gasteiger partial charge >= 0.3 is 18.5 Å². The molecule has 276 valence electrons. The van der Waals surface area contributed by atoms with E-state index in [9.17, 15) is 31.1 Å². The number of aromatic nitrogens is 8. The molecule has 0 atom stereocenters. The molecule has 5 heterocycles. The normalized spacial score (nSPS) is 11.2. The summed E-state index contributed by atoms with van der Waals surface area (Å²) in [6.07, 6.45) is -5.81. The molecule has 0 unspecified atom stereocenters. The number of benzene rings is 2. The number of fused-ring (bicyclic) bond motifs is 2. The standard InChI is InChI=1S/C20H15F3N6O2.C14H10F3N3.CO2/c1-11-18(19(30)27-15-9-17(31-2)25-10-24-15)29-16(26-11)8-7-14(28-29)12-5-3-4-6-13(12)20(21,22)23;1-9-8-20-13(18-9)7-6-12(19-20)10-4-2-3-5-11(10)14(15,16)17;2-1-3/h3-10H,1-2H3,(H,24,25,27,30);2-8H,1H3;. The molecule has 0 bridgehead atoms. The van der Waals surface area contributed by atoms with Gasteiger partial charge in [-0.3, -0.25) is 4.79 Å². The first-order chi connectivity index (χ1) is 25.6. The SMILES string of the molecule is COc1cc(NC(=O)c2c(C)nc3ccc(-c4ccccc4C(F)(F)F)nn23)ncn1.Cc1cn2nc(-c3ccccc3C(F)(F)F)ccc2n1.O=C=O. The molecule has 0 aliphatic heterocycles. The van der Waals surface area contributed by atoms with Gasteiger partial charge in [0.15, 0.2) is 17.0 Å². The zero-order valence-corrected chi connectivity index (χ0v) is 28.1. The van der Waals surface area contributed by atoms with Crippen molar-refractivity contribution in [3.05, 3.63) is 120 Å². The topological polar surface area (TPSA) is 159 Å². The number of anilines is 1. The van der Waals surface area contributed by atoms with Gasteiger partial charge < -0.3 is 10.1 Å². The Kier molecular flexibility index (Phi) is 11.1. The Morgan fingerprint density at radius 3 is 1.89 bits per heavy atom. The average Bonchev–Trinajstić information content (AvgIpc) is 3.68. The van der Waals surface area contributed by atoms with Crippen LogP contribution in [0.2, 0.25) is 0 Å². The summed E-state index contributed by atoms with van der Waals surface area (Å²) >= 11 is 0. The highest BCUT2D eigenvalue weighted by Gasteiger charge is 2.35. The van der Waals surface area contributed by atoms with Crippen molar-refractivity contribution in [2.75, 3.05) is 12.4 Å². The second-order valence-corrected chi connectivity index (χ2v) is 11.0. The highest BCUT2D eigenvalue weighted by Crippen LogP contribution is 2.37. The molecule has 1 N–H and O–H groups in total. The van der Waals surface area contributed by atoms with Gasteiger partial charge in [-0.2, -0.15) is 46.1 Å². The van der Waals surface area contributed by atoms with E-state index in [0.29, 0.717) is 17.0 Å². The lowest BCUT2D eigenvalue weighted by Gasteiger charge is -2.12. The Bertz CT molecular complexity index is 2490. The van der Waals surface area contributed by atoms with Crippen LogP contribution in [-0.2, 0) is 21.9 Å². The van der Waals surface area contributed by atoms with Crippen molar-refractivity contribution in [3.63, 3.8) is 0 Å². The van der Waals surface area contributed by atoms with E-state index >= 15 is 0 Å². The van der Waals surface area contributed by atoms with E-state index in [-0.39, 0.29) is 46.1 Å². The molecule has 13 nitrogen and oxygen atoms in total. The van der Waals surface area contributed by atoms with Crippen molar-refractivity contribution >= 4 is 29.2 Å². The van der Waals surface area contributed by atoms with Gasteiger partial charge in [-0.15, -0.1) is 0 Å². The summed E-state index contributed by atoms with van der Waals surface area (Å²) in [6, 6.07) is 18.1. The number of amides is 1. The number of rotatable bonds is 5. The molecule has 19 heteroatoms. The number of carbonyl (C=O) groups excluding carboxylic acids is 3. The molecular weight excluding hydrogens is 724 g/mol. The lowest BCUT2D eigenvalue weighted by atomic mass is 10.0. The summed E-state index contributed by atoms with van der Waals surface area (Å²) in [7, 11) is 1.42. The molecule has 7 rings (SSSR count). The van der Waals surface area contributed by atoms with Gasteiger partial charge in [0.05, 0.1) is 47.2 Å². The quantitative estimate of drug-likeness (QED) is 0.183. The van der Waals surface area contributed by atoms with Crippen LogP contribution in [0.1, 0.15) is 33.0 Å². The summed E-state index contributed by atoms with van der Waals surface area (Å²) in [4.78, 5) is 45.4. The molecule has 0 fully saturated rings. The lowest BCUT2D eigenvalue weighted by Crippen LogP contribution is -2.18. The zero-order valence-electron chi connectivity index (χ0n) is 28.1. The number of carbonyl (C=O) groups is 1. The summed E-state index contributed by atoms with van der Waals surface area (Å²) in [5.74, 6) is -0.145. The minimum Gasteiger partial charge on any atom is -0.481 e. The summed E-state index contributed by atoms with van der Waals surface area (Å²) in [6.45, 7) is 3.41. The third kappa shape index (κ3) is 8.54. The Morgan fingerprint density at radius 2 is 1.31 bits per heavy atom. The van der Waals surface area contributed by atoms with Crippen molar-refractivity contribution in [3.8, 4) is 28.4 Å². The van der Waals surface area contributed by atoms with Gasteiger partial charge in [0.1, 0.15) is 12.1 Å². The second kappa shape index (κ2) is 15.7. The van der Waals surface area contributed by atoms with Gasteiger partial charge in [0, 0.05) is 17.2 Å². The molecular formula is C35H25F6N9O4. The Balaban J connectivity index is 0.000000209. The molecule has 7 aromatic rings. The Hall–Kier alpha value is -7.01. The monoisotopic (exact) mass is 749 g/mol. The molecule has 0 saturated heterocycles. The number of hydrogen-bond acceptors (Lipinski definition) is 10. The van der Waals surface area contributed by atoms with E-state index in [2.05, 4.69) is 35.5 Å². The van der Waals surface area contributed by atoms with E-state index in [0.717, 1.165) is 17.8 Å². The van der Waals surface area contributed by atoms with Crippen molar-refractivity contribution in [1.82, 2.24) is 39.2 Å². The summed E-state index contributed by atoms with van der Waals surface area (Å²) in [5.41, 5.74) is 0.875. The van der Waals surface area contributed by atoms with E-state index in [1.165, 1.54) is 71.0 Å². The fraction of sp³-hybridized carbons (Fsp3) is 0.143.